The highest BCUT2D eigenvalue weighted by Gasteiger charge is 2.39. The Kier molecular flexibility index (Phi) is 6.29. The number of rotatable bonds is 6. The highest BCUT2D eigenvalue weighted by molar-refractivity contribution is 5.85. The zero-order valence-electron chi connectivity index (χ0n) is 17.6. The molecule has 1 aliphatic rings. The number of aliphatic hydroxyl groups excluding tert-OH is 3. The average Bonchev–Trinajstić information content (AvgIpc) is 3.10. The van der Waals surface area contributed by atoms with Crippen LogP contribution in [-0.4, -0.2) is 50.9 Å². The SMILES string of the molecule is CC(C)Oc1ccc(Cn2cc([C@@H]3O[C@H](CO)C[C@H](O)C3O)c3c(F)cccc32)cc1. The summed E-state index contributed by atoms with van der Waals surface area (Å²) in [5, 5.41) is 30.6. The first-order valence-corrected chi connectivity index (χ1v) is 10.5. The Morgan fingerprint density at radius 2 is 1.90 bits per heavy atom. The summed E-state index contributed by atoms with van der Waals surface area (Å²) in [6.07, 6.45) is -1.87. The van der Waals surface area contributed by atoms with Gasteiger partial charge in [0.25, 0.3) is 0 Å². The second-order valence-corrected chi connectivity index (χ2v) is 8.31. The standard InChI is InChI=1S/C24H28FNO5/c1-14(2)30-16-8-6-15(7-9-16)11-26-12-18(22-19(25)4-3-5-20(22)26)24-23(29)21(28)10-17(13-27)31-24/h3-9,12,14,17,21,23-24,27-29H,10-11,13H2,1-2H3/t17-,21-,23?,24-/m0/s1. The van der Waals surface area contributed by atoms with Crippen molar-refractivity contribution in [2.45, 2.75) is 57.3 Å². The number of hydrogen-bond donors (Lipinski definition) is 3. The molecule has 3 aromatic rings. The van der Waals surface area contributed by atoms with Crippen LogP contribution >= 0.6 is 0 Å². The van der Waals surface area contributed by atoms with Crippen molar-refractivity contribution in [1.82, 2.24) is 4.57 Å². The molecular weight excluding hydrogens is 401 g/mol. The van der Waals surface area contributed by atoms with Crippen LogP contribution in [0.1, 0.15) is 37.5 Å². The first kappa shape index (κ1) is 21.8. The number of nitrogens with zero attached hydrogens (tertiary/aromatic N) is 1. The zero-order valence-corrected chi connectivity index (χ0v) is 17.6. The van der Waals surface area contributed by atoms with Gasteiger partial charge in [0.1, 0.15) is 23.8 Å². The fraction of sp³-hybridized carbons (Fsp3) is 0.417. The molecule has 7 heteroatoms. The van der Waals surface area contributed by atoms with Crippen LogP contribution in [0.25, 0.3) is 10.9 Å². The van der Waals surface area contributed by atoms with Gasteiger partial charge in [-0.15, -0.1) is 0 Å². The molecule has 0 spiro atoms. The molecule has 0 bridgehead atoms. The summed E-state index contributed by atoms with van der Waals surface area (Å²) in [5.74, 6) is 0.356. The first-order chi connectivity index (χ1) is 14.9. The lowest BCUT2D eigenvalue weighted by Crippen LogP contribution is -2.44. The lowest BCUT2D eigenvalue weighted by molar-refractivity contribution is -0.179. The summed E-state index contributed by atoms with van der Waals surface area (Å²) in [5.41, 5.74) is 2.12. The van der Waals surface area contributed by atoms with Crippen molar-refractivity contribution in [3.05, 3.63) is 65.6 Å². The minimum atomic E-state index is -1.21. The van der Waals surface area contributed by atoms with Crippen LogP contribution in [-0.2, 0) is 11.3 Å². The summed E-state index contributed by atoms with van der Waals surface area (Å²) in [6.45, 7) is 4.13. The first-order valence-electron chi connectivity index (χ1n) is 10.5. The summed E-state index contributed by atoms with van der Waals surface area (Å²) < 4.78 is 28.3. The van der Waals surface area contributed by atoms with Crippen LogP contribution in [0.15, 0.2) is 48.7 Å². The third-order valence-electron chi connectivity index (χ3n) is 5.59. The van der Waals surface area contributed by atoms with Gasteiger partial charge in [0.05, 0.1) is 30.4 Å². The maximum atomic E-state index is 14.9. The molecular formula is C24H28FNO5. The van der Waals surface area contributed by atoms with E-state index in [2.05, 4.69) is 0 Å². The maximum Gasteiger partial charge on any atom is 0.132 e. The Bertz CT molecular complexity index is 1030. The van der Waals surface area contributed by atoms with Gasteiger partial charge in [-0.05, 0) is 43.7 Å². The molecule has 1 fully saturated rings. The molecule has 0 aliphatic carbocycles. The Labute approximate surface area is 180 Å². The van der Waals surface area contributed by atoms with Gasteiger partial charge in [-0.3, -0.25) is 0 Å². The van der Waals surface area contributed by atoms with Crippen molar-refractivity contribution in [3.63, 3.8) is 0 Å². The smallest absolute Gasteiger partial charge is 0.132 e. The van der Waals surface area contributed by atoms with E-state index in [0.29, 0.717) is 23.0 Å². The van der Waals surface area contributed by atoms with Crippen molar-refractivity contribution >= 4 is 10.9 Å². The number of aliphatic hydroxyl groups is 3. The van der Waals surface area contributed by atoms with E-state index >= 15 is 0 Å². The van der Waals surface area contributed by atoms with Crippen molar-refractivity contribution in [2.75, 3.05) is 6.61 Å². The minimum absolute atomic E-state index is 0.0878. The van der Waals surface area contributed by atoms with E-state index in [9.17, 15) is 19.7 Å². The zero-order chi connectivity index (χ0) is 22.1. The highest BCUT2D eigenvalue weighted by atomic mass is 19.1. The van der Waals surface area contributed by atoms with Crippen molar-refractivity contribution in [2.24, 2.45) is 0 Å². The van der Waals surface area contributed by atoms with Crippen molar-refractivity contribution in [3.8, 4) is 5.75 Å². The predicted octanol–water partition coefficient (Wildman–Crippen LogP) is 3.16. The van der Waals surface area contributed by atoms with Gasteiger partial charge in [0.15, 0.2) is 0 Å². The lowest BCUT2D eigenvalue weighted by Gasteiger charge is -2.36. The number of fused-ring (bicyclic) bond motifs is 1. The van der Waals surface area contributed by atoms with Gasteiger partial charge in [-0.2, -0.15) is 0 Å². The molecule has 1 saturated heterocycles. The monoisotopic (exact) mass is 429 g/mol. The van der Waals surface area contributed by atoms with E-state index in [-0.39, 0.29) is 19.1 Å². The Balaban J connectivity index is 1.70. The molecule has 4 rings (SSSR count). The van der Waals surface area contributed by atoms with Crippen LogP contribution in [0, 0.1) is 5.82 Å². The Hall–Kier alpha value is -2.45. The molecule has 1 aromatic heterocycles. The fourth-order valence-electron chi connectivity index (χ4n) is 4.16. The van der Waals surface area contributed by atoms with Crippen LogP contribution in [0.4, 0.5) is 4.39 Å². The van der Waals surface area contributed by atoms with Crippen LogP contribution in [0.3, 0.4) is 0 Å². The normalized spacial score (nSPS) is 24.1. The molecule has 31 heavy (non-hydrogen) atoms. The van der Waals surface area contributed by atoms with Gasteiger partial charge in [-0.1, -0.05) is 18.2 Å². The van der Waals surface area contributed by atoms with Crippen LogP contribution < -0.4 is 4.74 Å². The molecule has 166 valence electrons. The molecule has 1 aliphatic heterocycles. The Morgan fingerprint density at radius 1 is 1.16 bits per heavy atom. The second-order valence-electron chi connectivity index (χ2n) is 8.31. The van der Waals surface area contributed by atoms with E-state index in [1.807, 2.05) is 48.7 Å². The van der Waals surface area contributed by atoms with E-state index in [0.717, 1.165) is 11.3 Å². The van der Waals surface area contributed by atoms with E-state index in [1.165, 1.54) is 6.07 Å². The quantitative estimate of drug-likeness (QED) is 0.561. The number of ether oxygens (including phenoxy) is 2. The number of benzene rings is 2. The van der Waals surface area contributed by atoms with Crippen molar-refractivity contribution < 1.29 is 29.2 Å². The van der Waals surface area contributed by atoms with Gasteiger partial charge in [0.2, 0.25) is 0 Å². The molecule has 0 radical (unpaired) electrons. The number of halogens is 1. The molecule has 2 heterocycles. The van der Waals surface area contributed by atoms with Gasteiger partial charge in [0, 0.05) is 30.1 Å². The number of hydrogen-bond acceptors (Lipinski definition) is 5. The lowest BCUT2D eigenvalue weighted by atomic mass is 9.93. The molecule has 6 nitrogen and oxygen atoms in total. The van der Waals surface area contributed by atoms with Crippen LogP contribution in [0.2, 0.25) is 0 Å². The summed E-state index contributed by atoms with van der Waals surface area (Å²) in [4.78, 5) is 0. The summed E-state index contributed by atoms with van der Waals surface area (Å²) >= 11 is 0. The summed E-state index contributed by atoms with van der Waals surface area (Å²) in [6, 6.07) is 12.5. The topological polar surface area (TPSA) is 84.1 Å². The molecule has 0 amide bonds. The predicted molar refractivity (Wildman–Crippen MR) is 115 cm³/mol. The second kappa shape index (κ2) is 8.96. The average molecular weight is 429 g/mol. The Morgan fingerprint density at radius 3 is 2.58 bits per heavy atom. The van der Waals surface area contributed by atoms with E-state index in [4.69, 9.17) is 9.47 Å². The van der Waals surface area contributed by atoms with Gasteiger partial charge < -0.3 is 29.4 Å². The molecule has 0 saturated carbocycles. The third-order valence-corrected chi connectivity index (χ3v) is 5.59. The highest BCUT2D eigenvalue weighted by Crippen LogP contribution is 2.38. The van der Waals surface area contributed by atoms with Gasteiger partial charge in [-0.25, -0.2) is 4.39 Å². The number of aromatic nitrogens is 1. The minimum Gasteiger partial charge on any atom is -0.491 e. The summed E-state index contributed by atoms with van der Waals surface area (Å²) in [7, 11) is 0. The maximum absolute atomic E-state index is 14.9. The molecule has 2 aromatic carbocycles. The van der Waals surface area contributed by atoms with E-state index < -0.39 is 30.2 Å². The van der Waals surface area contributed by atoms with Crippen LogP contribution in [0.5, 0.6) is 5.75 Å². The fourth-order valence-corrected chi connectivity index (χ4v) is 4.16. The molecule has 1 unspecified atom stereocenters. The van der Waals surface area contributed by atoms with Gasteiger partial charge >= 0.3 is 0 Å². The largest absolute Gasteiger partial charge is 0.491 e. The molecule has 4 atom stereocenters. The third kappa shape index (κ3) is 4.45. The van der Waals surface area contributed by atoms with E-state index in [1.54, 1.807) is 12.3 Å². The molecule has 3 N–H and O–H groups in total. The van der Waals surface area contributed by atoms with Crippen molar-refractivity contribution in [1.29, 1.82) is 0 Å².